The van der Waals surface area contributed by atoms with Crippen molar-refractivity contribution in [3.63, 3.8) is 0 Å². The lowest BCUT2D eigenvalue weighted by Crippen LogP contribution is -2.31. The highest BCUT2D eigenvalue weighted by molar-refractivity contribution is 5.94. The van der Waals surface area contributed by atoms with Crippen molar-refractivity contribution in [3.8, 4) is 0 Å². The van der Waals surface area contributed by atoms with Crippen LogP contribution in [0, 0.1) is 6.92 Å². The zero-order valence-electron chi connectivity index (χ0n) is 9.78. The predicted molar refractivity (Wildman–Crippen MR) is 63.3 cm³/mol. The summed E-state index contributed by atoms with van der Waals surface area (Å²) >= 11 is 0. The number of aromatic nitrogens is 1. The Labute approximate surface area is 96.5 Å². The van der Waals surface area contributed by atoms with E-state index in [0.717, 1.165) is 37.2 Å². The molecule has 1 aromatic heterocycles. The standard InChI is InChI=1S/C13H18N2O/c1-11-10-12(6-7-14-11)13(16)15-8-4-2-3-5-9-15/h6-7,10H,2-5,8-9H2,1H3. The van der Waals surface area contributed by atoms with Crippen LogP contribution < -0.4 is 0 Å². The van der Waals surface area contributed by atoms with Gasteiger partial charge in [-0.15, -0.1) is 0 Å². The van der Waals surface area contributed by atoms with Gasteiger partial charge in [-0.2, -0.15) is 0 Å². The van der Waals surface area contributed by atoms with Gasteiger partial charge in [-0.3, -0.25) is 9.78 Å². The van der Waals surface area contributed by atoms with Gasteiger partial charge < -0.3 is 4.90 Å². The highest BCUT2D eigenvalue weighted by Crippen LogP contribution is 2.13. The number of likely N-dealkylation sites (tertiary alicyclic amines) is 1. The third-order valence-corrected chi connectivity index (χ3v) is 3.04. The quantitative estimate of drug-likeness (QED) is 0.725. The minimum Gasteiger partial charge on any atom is -0.339 e. The molecule has 1 fully saturated rings. The largest absolute Gasteiger partial charge is 0.339 e. The molecule has 1 saturated heterocycles. The Morgan fingerprint density at radius 3 is 2.56 bits per heavy atom. The number of nitrogens with zero attached hydrogens (tertiary/aromatic N) is 2. The summed E-state index contributed by atoms with van der Waals surface area (Å²) in [5.41, 5.74) is 1.68. The zero-order valence-corrected chi connectivity index (χ0v) is 9.78. The number of carbonyl (C=O) groups is 1. The molecule has 0 atom stereocenters. The van der Waals surface area contributed by atoms with Crippen molar-refractivity contribution < 1.29 is 4.79 Å². The molecule has 2 heterocycles. The van der Waals surface area contributed by atoms with Crippen LogP contribution >= 0.6 is 0 Å². The summed E-state index contributed by atoms with van der Waals surface area (Å²) in [5, 5.41) is 0. The number of rotatable bonds is 1. The van der Waals surface area contributed by atoms with Crippen molar-refractivity contribution in [2.45, 2.75) is 32.6 Å². The van der Waals surface area contributed by atoms with E-state index in [-0.39, 0.29) is 5.91 Å². The van der Waals surface area contributed by atoms with Crippen LogP contribution in [0.3, 0.4) is 0 Å². The van der Waals surface area contributed by atoms with E-state index in [4.69, 9.17) is 0 Å². The number of amides is 1. The van der Waals surface area contributed by atoms with Gasteiger partial charge >= 0.3 is 0 Å². The monoisotopic (exact) mass is 218 g/mol. The molecule has 0 aliphatic carbocycles. The molecule has 0 radical (unpaired) electrons. The third kappa shape index (κ3) is 2.60. The predicted octanol–water partition coefficient (Wildman–Crippen LogP) is 2.41. The topological polar surface area (TPSA) is 33.2 Å². The van der Waals surface area contributed by atoms with Gasteiger partial charge in [0.15, 0.2) is 0 Å². The van der Waals surface area contributed by atoms with E-state index in [1.165, 1.54) is 12.8 Å². The molecule has 1 aromatic rings. The average Bonchev–Trinajstić information content (AvgIpc) is 2.56. The molecule has 0 aromatic carbocycles. The summed E-state index contributed by atoms with van der Waals surface area (Å²) < 4.78 is 0. The maximum absolute atomic E-state index is 12.2. The number of hydrogen-bond acceptors (Lipinski definition) is 2. The minimum atomic E-state index is 0.160. The summed E-state index contributed by atoms with van der Waals surface area (Å²) in [6.07, 6.45) is 6.48. The van der Waals surface area contributed by atoms with Crippen LogP contribution in [0.5, 0.6) is 0 Å². The van der Waals surface area contributed by atoms with Crippen LogP contribution in [-0.4, -0.2) is 28.9 Å². The maximum Gasteiger partial charge on any atom is 0.253 e. The lowest BCUT2D eigenvalue weighted by molar-refractivity contribution is 0.0761. The molecule has 0 spiro atoms. The summed E-state index contributed by atoms with van der Waals surface area (Å²) in [4.78, 5) is 18.3. The first kappa shape index (κ1) is 11.1. The number of hydrogen-bond donors (Lipinski definition) is 0. The van der Waals surface area contributed by atoms with Gasteiger partial charge in [0.1, 0.15) is 0 Å². The van der Waals surface area contributed by atoms with Crippen molar-refractivity contribution in [1.29, 1.82) is 0 Å². The molecular formula is C13H18N2O. The van der Waals surface area contributed by atoms with Crippen LogP contribution in [0.1, 0.15) is 41.7 Å². The highest BCUT2D eigenvalue weighted by atomic mass is 16.2. The molecule has 0 saturated carbocycles. The molecular weight excluding hydrogens is 200 g/mol. The van der Waals surface area contributed by atoms with Crippen molar-refractivity contribution in [3.05, 3.63) is 29.6 Å². The van der Waals surface area contributed by atoms with Gasteiger partial charge in [0, 0.05) is 30.5 Å². The Hall–Kier alpha value is -1.38. The van der Waals surface area contributed by atoms with E-state index >= 15 is 0 Å². The molecule has 86 valence electrons. The van der Waals surface area contributed by atoms with Gasteiger partial charge in [0.2, 0.25) is 0 Å². The Kier molecular flexibility index (Phi) is 3.54. The van der Waals surface area contributed by atoms with Crippen LogP contribution in [0.25, 0.3) is 0 Å². The second-order valence-electron chi connectivity index (χ2n) is 4.39. The molecule has 3 heteroatoms. The molecule has 1 amide bonds. The van der Waals surface area contributed by atoms with Gasteiger partial charge in [-0.25, -0.2) is 0 Å². The summed E-state index contributed by atoms with van der Waals surface area (Å²) in [6, 6.07) is 3.67. The number of pyridine rings is 1. The lowest BCUT2D eigenvalue weighted by atomic mass is 10.2. The smallest absolute Gasteiger partial charge is 0.253 e. The van der Waals surface area contributed by atoms with Crippen molar-refractivity contribution in [2.24, 2.45) is 0 Å². The molecule has 2 rings (SSSR count). The first-order chi connectivity index (χ1) is 7.77. The lowest BCUT2D eigenvalue weighted by Gasteiger charge is -2.20. The van der Waals surface area contributed by atoms with Crippen LogP contribution in [0.15, 0.2) is 18.3 Å². The zero-order chi connectivity index (χ0) is 11.4. The second kappa shape index (κ2) is 5.10. The fourth-order valence-corrected chi connectivity index (χ4v) is 2.13. The maximum atomic E-state index is 12.2. The van der Waals surface area contributed by atoms with Crippen molar-refractivity contribution >= 4 is 5.91 Å². The molecule has 0 bridgehead atoms. The fourth-order valence-electron chi connectivity index (χ4n) is 2.13. The average molecular weight is 218 g/mol. The number of aryl methyl sites for hydroxylation is 1. The molecule has 16 heavy (non-hydrogen) atoms. The SMILES string of the molecule is Cc1cc(C(=O)N2CCCCCC2)ccn1. The normalized spacial score (nSPS) is 16.9. The Morgan fingerprint density at radius 1 is 1.25 bits per heavy atom. The highest BCUT2D eigenvalue weighted by Gasteiger charge is 2.16. The van der Waals surface area contributed by atoms with Crippen molar-refractivity contribution in [2.75, 3.05) is 13.1 Å². The van der Waals surface area contributed by atoms with Crippen LogP contribution in [0.2, 0.25) is 0 Å². The van der Waals surface area contributed by atoms with E-state index in [0.29, 0.717) is 0 Å². The molecule has 0 unspecified atom stereocenters. The summed E-state index contributed by atoms with van der Waals surface area (Å²) in [6.45, 7) is 3.72. The van der Waals surface area contributed by atoms with Gasteiger partial charge in [-0.05, 0) is 31.9 Å². The molecule has 3 nitrogen and oxygen atoms in total. The molecule has 1 aliphatic heterocycles. The number of carbonyl (C=O) groups excluding carboxylic acids is 1. The first-order valence-corrected chi connectivity index (χ1v) is 5.99. The second-order valence-corrected chi connectivity index (χ2v) is 4.39. The first-order valence-electron chi connectivity index (χ1n) is 5.99. The molecule has 0 N–H and O–H groups in total. The Morgan fingerprint density at radius 2 is 1.94 bits per heavy atom. The Balaban J connectivity index is 2.11. The fraction of sp³-hybridized carbons (Fsp3) is 0.538. The van der Waals surface area contributed by atoms with Crippen LogP contribution in [-0.2, 0) is 0 Å². The van der Waals surface area contributed by atoms with Gasteiger partial charge in [0.05, 0.1) is 0 Å². The van der Waals surface area contributed by atoms with Crippen molar-refractivity contribution in [1.82, 2.24) is 9.88 Å². The van der Waals surface area contributed by atoms with E-state index in [1.807, 2.05) is 17.9 Å². The summed E-state index contributed by atoms with van der Waals surface area (Å²) in [5.74, 6) is 0.160. The van der Waals surface area contributed by atoms with Crippen LogP contribution in [0.4, 0.5) is 0 Å². The minimum absolute atomic E-state index is 0.160. The van der Waals surface area contributed by atoms with E-state index < -0.39 is 0 Å². The third-order valence-electron chi connectivity index (χ3n) is 3.04. The summed E-state index contributed by atoms with van der Waals surface area (Å²) in [7, 11) is 0. The van der Waals surface area contributed by atoms with E-state index in [1.54, 1.807) is 12.3 Å². The van der Waals surface area contributed by atoms with E-state index in [9.17, 15) is 4.79 Å². The van der Waals surface area contributed by atoms with Gasteiger partial charge in [-0.1, -0.05) is 12.8 Å². The van der Waals surface area contributed by atoms with E-state index in [2.05, 4.69) is 4.98 Å². The van der Waals surface area contributed by atoms with Gasteiger partial charge in [0.25, 0.3) is 5.91 Å². The molecule has 1 aliphatic rings. The Bertz CT molecular complexity index is 368.